The minimum Gasteiger partial charge on any atom is -0.331 e. The molecular formula is C20H19N3O2. The van der Waals surface area contributed by atoms with Gasteiger partial charge in [-0.3, -0.25) is 14.0 Å². The molecular weight excluding hydrogens is 314 g/mol. The summed E-state index contributed by atoms with van der Waals surface area (Å²) in [6.07, 6.45) is 4.99. The maximum atomic E-state index is 13.1. The van der Waals surface area contributed by atoms with Crippen molar-refractivity contribution >= 4 is 11.6 Å². The number of carbonyl (C=O) groups is 1. The van der Waals surface area contributed by atoms with E-state index in [4.69, 9.17) is 0 Å². The SMILES string of the molecule is Cc1ccc2ncc(C(=O)N3CCCC3c3ccccc3)c(=O)n2c1. The number of hydrogen-bond acceptors (Lipinski definition) is 3. The Morgan fingerprint density at radius 2 is 1.96 bits per heavy atom. The third-order valence-corrected chi connectivity index (χ3v) is 4.78. The number of likely N-dealkylation sites (tertiary alicyclic amines) is 1. The Morgan fingerprint density at radius 3 is 2.76 bits per heavy atom. The predicted octanol–water partition coefficient (Wildman–Crippen LogP) is 2.98. The number of rotatable bonds is 2. The van der Waals surface area contributed by atoms with E-state index in [1.165, 1.54) is 10.6 Å². The summed E-state index contributed by atoms with van der Waals surface area (Å²) in [6, 6.07) is 13.7. The average molecular weight is 333 g/mol. The van der Waals surface area contributed by atoms with Crippen molar-refractivity contribution in [3.8, 4) is 0 Å². The number of carbonyl (C=O) groups excluding carboxylic acids is 1. The van der Waals surface area contributed by atoms with Gasteiger partial charge < -0.3 is 4.90 Å². The van der Waals surface area contributed by atoms with E-state index in [-0.39, 0.29) is 23.1 Å². The highest BCUT2D eigenvalue weighted by molar-refractivity contribution is 5.94. The molecule has 5 nitrogen and oxygen atoms in total. The molecule has 0 aliphatic carbocycles. The van der Waals surface area contributed by atoms with Crippen LogP contribution in [0.3, 0.4) is 0 Å². The van der Waals surface area contributed by atoms with Crippen molar-refractivity contribution in [2.24, 2.45) is 0 Å². The van der Waals surface area contributed by atoms with Gasteiger partial charge in [-0.05, 0) is 37.0 Å². The lowest BCUT2D eigenvalue weighted by molar-refractivity contribution is 0.0733. The first-order chi connectivity index (χ1) is 12.1. The number of nitrogens with zero attached hydrogens (tertiary/aromatic N) is 3. The van der Waals surface area contributed by atoms with Crippen molar-refractivity contribution in [2.45, 2.75) is 25.8 Å². The van der Waals surface area contributed by atoms with E-state index in [2.05, 4.69) is 4.98 Å². The van der Waals surface area contributed by atoms with Gasteiger partial charge in [0.05, 0.1) is 6.04 Å². The first kappa shape index (κ1) is 15.6. The van der Waals surface area contributed by atoms with E-state index in [0.29, 0.717) is 12.2 Å². The summed E-state index contributed by atoms with van der Waals surface area (Å²) in [5, 5.41) is 0. The first-order valence-electron chi connectivity index (χ1n) is 8.49. The Balaban J connectivity index is 1.74. The Labute approximate surface area is 145 Å². The second-order valence-corrected chi connectivity index (χ2v) is 6.48. The van der Waals surface area contributed by atoms with Gasteiger partial charge in [0.1, 0.15) is 11.2 Å². The molecule has 0 bridgehead atoms. The minimum atomic E-state index is -0.308. The largest absolute Gasteiger partial charge is 0.331 e. The summed E-state index contributed by atoms with van der Waals surface area (Å²) in [7, 11) is 0. The van der Waals surface area contributed by atoms with E-state index >= 15 is 0 Å². The fraction of sp³-hybridized carbons (Fsp3) is 0.250. The van der Waals surface area contributed by atoms with Crippen LogP contribution in [0.1, 0.15) is 40.4 Å². The lowest BCUT2D eigenvalue weighted by atomic mass is 10.0. The lowest BCUT2D eigenvalue weighted by Gasteiger charge is -2.25. The van der Waals surface area contributed by atoms with Crippen LogP contribution >= 0.6 is 0 Å². The van der Waals surface area contributed by atoms with Crippen molar-refractivity contribution in [3.05, 3.63) is 81.9 Å². The van der Waals surface area contributed by atoms with E-state index in [9.17, 15) is 9.59 Å². The van der Waals surface area contributed by atoms with Crippen LogP contribution in [-0.2, 0) is 0 Å². The number of aromatic nitrogens is 2. The standard InChI is InChI=1S/C20H19N3O2/c1-14-9-10-18-21-12-16(20(25)23(18)13-14)19(24)22-11-5-8-17(22)15-6-3-2-4-7-15/h2-4,6-7,9-10,12-13,17H,5,8,11H2,1H3. The molecule has 0 radical (unpaired) electrons. The smallest absolute Gasteiger partial charge is 0.270 e. The van der Waals surface area contributed by atoms with E-state index in [0.717, 1.165) is 24.0 Å². The molecule has 2 aromatic heterocycles. The predicted molar refractivity (Wildman–Crippen MR) is 95.7 cm³/mol. The summed E-state index contributed by atoms with van der Waals surface area (Å²) in [5.74, 6) is -0.236. The highest BCUT2D eigenvalue weighted by Gasteiger charge is 2.32. The second kappa shape index (κ2) is 6.16. The van der Waals surface area contributed by atoms with Gasteiger partial charge in [0.25, 0.3) is 11.5 Å². The van der Waals surface area contributed by atoms with Crippen molar-refractivity contribution in [2.75, 3.05) is 6.54 Å². The normalized spacial score (nSPS) is 17.2. The van der Waals surface area contributed by atoms with Gasteiger partial charge in [0.2, 0.25) is 0 Å². The highest BCUT2D eigenvalue weighted by Crippen LogP contribution is 2.32. The third-order valence-electron chi connectivity index (χ3n) is 4.78. The fourth-order valence-corrected chi connectivity index (χ4v) is 3.52. The number of pyridine rings is 1. The molecule has 1 aliphatic heterocycles. The molecule has 1 unspecified atom stereocenters. The van der Waals surface area contributed by atoms with Gasteiger partial charge >= 0.3 is 0 Å². The number of fused-ring (bicyclic) bond motifs is 1. The summed E-state index contributed by atoms with van der Waals surface area (Å²) < 4.78 is 1.45. The zero-order valence-electron chi connectivity index (χ0n) is 14.1. The number of benzene rings is 1. The number of amides is 1. The molecule has 3 heterocycles. The second-order valence-electron chi connectivity index (χ2n) is 6.48. The van der Waals surface area contributed by atoms with Gasteiger partial charge in [-0.2, -0.15) is 0 Å². The Hall–Kier alpha value is -2.95. The molecule has 1 aliphatic rings. The van der Waals surface area contributed by atoms with E-state index < -0.39 is 0 Å². The van der Waals surface area contributed by atoms with Gasteiger partial charge in [-0.15, -0.1) is 0 Å². The van der Waals surface area contributed by atoms with Gasteiger partial charge in [0.15, 0.2) is 0 Å². The van der Waals surface area contributed by atoms with Gasteiger partial charge in [0, 0.05) is 18.9 Å². The summed E-state index contributed by atoms with van der Waals surface area (Å²) in [5.41, 5.74) is 2.43. The van der Waals surface area contributed by atoms with Gasteiger partial charge in [-0.25, -0.2) is 4.98 Å². The molecule has 1 saturated heterocycles. The molecule has 1 aromatic carbocycles. The molecule has 0 saturated carbocycles. The van der Waals surface area contributed by atoms with Crippen LogP contribution in [0.4, 0.5) is 0 Å². The van der Waals surface area contributed by atoms with E-state index in [1.807, 2.05) is 43.3 Å². The minimum absolute atomic E-state index is 0.0197. The van der Waals surface area contributed by atoms with Crippen molar-refractivity contribution in [3.63, 3.8) is 0 Å². The fourth-order valence-electron chi connectivity index (χ4n) is 3.52. The molecule has 1 atom stereocenters. The molecule has 25 heavy (non-hydrogen) atoms. The molecule has 0 N–H and O–H groups in total. The highest BCUT2D eigenvalue weighted by atomic mass is 16.2. The number of hydrogen-bond donors (Lipinski definition) is 0. The quantitative estimate of drug-likeness (QED) is 0.724. The monoisotopic (exact) mass is 333 g/mol. The zero-order chi connectivity index (χ0) is 17.4. The summed E-state index contributed by atoms with van der Waals surface area (Å²) in [4.78, 5) is 31.9. The summed E-state index contributed by atoms with van der Waals surface area (Å²) in [6.45, 7) is 2.57. The zero-order valence-corrected chi connectivity index (χ0v) is 14.1. The number of aryl methyl sites for hydroxylation is 1. The van der Waals surface area contributed by atoms with Crippen LogP contribution in [0, 0.1) is 6.92 Å². The lowest BCUT2D eigenvalue weighted by Crippen LogP contribution is -2.35. The molecule has 1 fully saturated rings. The van der Waals surface area contributed by atoms with Crippen LogP contribution in [0.5, 0.6) is 0 Å². The molecule has 3 aromatic rings. The Morgan fingerprint density at radius 1 is 1.16 bits per heavy atom. The van der Waals surface area contributed by atoms with Crippen LogP contribution < -0.4 is 5.56 Å². The van der Waals surface area contributed by atoms with Crippen molar-refractivity contribution in [1.29, 1.82) is 0 Å². The molecule has 4 rings (SSSR count). The Bertz CT molecular complexity index is 995. The third kappa shape index (κ3) is 2.71. The van der Waals surface area contributed by atoms with Crippen molar-refractivity contribution < 1.29 is 4.79 Å². The topological polar surface area (TPSA) is 54.7 Å². The molecule has 5 heteroatoms. The maximum absolute atomic E-state index is 13.1. The van der Waals surface area contributed by atoms with Crippen LogP contribution in [-0.4, -0.2) is 26.7 Å². The average Bonchev–Trinajstić information content (AvgIpc) is 3.12. The first-order valence-corrected chi connectivity index (χ1v) is 8.49. The Kier molecular flexibility index (Phi) is 3.84. The van der Waals surface area contributed by atoms with Gasteiger partial charge in [-0.1, -0.05) is 36.4 Å². The van der Waals surface area contributed by atoms with Crippen LogP contribution in [0.2, 0.25) is 0 Å². The van der Waals surface area contributed by atoms with Crippen molar-refractivity contribution in [1.82, 2.24) is 14.3 Å². The molecule has 0 spiro atoms. The molecule has 126 valence electrons. The van der Waals surface area contributed by atoms with E-state index in [1.54, 1.807) is 17.2 Å². The van der Waals surface area contributed by atoms with Crippen LogP contribution in [0.15, 0.2) is 59.7 Å². The van der Waals surface area contributed by atoms with Crippen LogP contribution in [0.25, 0.3) is 5.65 Å². The maximum Gasteiger partial charge on any atom is 0.270 e. The molecule has 1 amide bonds. The summed E-state index contributed by atoms with van der Waals surface area (Å²) >= 11 is 0.